The molecule has 0 rings (SSSR count). The number of nitrogens with one attached hydrogen (secondary N) is 2. The van der Waals surface area contributed by atoms with E-state index in [1.165, 1.54) is 0 Å². The molecule has 2 atom stereocenters. The van der Waals surface area contributed by atoms with Gasteiger partial charge in [-0.3, -0.25) is 0 Å². The number of hydrogen-bond donors (Lipinski definition) is 4. The largest absolute Gasteiger partial charge is 0.480 e. The van der Waals surface area contributed by atoms with Crippen LogP contribution in [-0.2, 0) is 4.79 Å². The third-order valence-electron chi connectivity index (χ3n) is 2.15. The van der Waals surface area contributed by atoms with Gasteiger partial charge in [-0.25, -0.2) is 9.59 Å². The fourth-order valence-electron chi connectivity index (χ4n) is 1.19. The average Bonchev–Trinajstić information content (AvgIpc) is 2.22. The second-order valence-electron chi connectivity index (χ2n) is 3.73. The number of carboxylic acid groups (broad SMARTS) is 1. The maximum atomic E-state index is 11.3. The van der Waals surface area contributed by atoms with Crippen molar-refractivity contribution in [3.05, 3.63) is 0 Å². The maximum absolute atomic E-state index is 11.3. The molecule has 0 aromatic heterocycles. The van der Waals surface area contributed by atoms with Crippen LogP contribution in [0.2, 0.25) is 0 Å². The first-order chi connectivity index (χ1) is 7.51. The van der Waals surface area contributed by atoms with Gasteiger partial charge in [0.25, 0.3) is 0 Å². The van der Waals surface area contributed by atoms with Crippen molar-refractivity contribution >= 4 is 12.0 Å². The van der Waals surface area contributed by atoms with E-state index < -0.39 is 24.6 Å². The summed E-state index contributed by atoms with van der Waals surface area (Å²) in [6.45, 7) is 3.29. The molecule has 0 saturated heterocycles. The molecule has 94 valence electrons. The predicted octanol–water partition coefficient (Wildman–Crippen LogP) is 0.310. The predicted molar refractivity (Wildman–Crippen MR) is 59.2 cm³/mol. The van der Waals surface area contributed by atoms with Crippen molar-refractivity contribution in [2.45, 2.75) is 45.2 Å². The summed E-state index contributed by atoms with van der Waals surface area (Å²) < 4.78 is 0. The molecule has 0 spiro atoms. The van der Waals surface area contributed by atoms with E-state index in [1.807, 2.05) is 6.92 Å². The van der Waals surface area contributed by atoms with Crippen LogP contribution in [0.4, 0.5) is 4.79 Å². The van der Waals surface area contributed by atoms with Crippen molar-refractivity contribution in [3.63, 3.8) is 0 Å². The Morgan fingerprint density at radius 2 is 1.94 bits per heavy atom. The minimum atomic E-state index is -1.25. The van der Waals surface area contributed by atoms with Gasteiger partial charge in [0.05, 0.1) is 6.61 Å². The summed E-state index contributed by atoms with van der Waals surface area (Å²) in [7, 11) is 0. The number of urea groups is 1. The Kier molecular flexibility index (Phi) is 7.28. The van der Waals surface area contributed by atoms with Crippen molar-refractivity contribution in [2.24, 2.45) is 0 Å². The zero-order valence-electron chi connectivity index (χ0n) is 9.69. The molecule has 0 aromatic rings. The first-order valence-corrected chi connectivity index (χ1v) is 5.42. The Bertz CT molecular complexity index is 233. The van der Waals surface area contributed by atoms with Crippen LogP contribution >= 0.6 is 0 Å². The molecule has 0 aliphatic heterocycles. The molecule has 0 saturated carbocycles. The third-order valence-corrected chi connectivity index (χ3v) is 2.15. The molecule has 6 nitrogen and oxygen atoms in total. The topological polar surface area (TPSA) is 98.7 Å². The summed E-state index contributed by atoms with van der Waals surface area (Å²) in [4.78, 5) is 21.8. The molecule has 0 bridgehead atoms. The number of carbonyl (C=O) groups is 2. The number of aliphatic hydroxyl groups is 1. The van der Waals surface area contributed by atoms with Gasteiger partial charge in [0.2, 0.25) is 0 Å². The Hall–Kier alpha value is -1.30. The van der Waals surface area contributed by atoms with E-state index in [4.69, 9.17) is 10.2 Å². The summed E-state index contributed by atoms with van der Waals surface area (Å²) in [5, 5.41) is 22.1. The van der Waals surface area contributed by atoms with E-state index in [0.717, 1.165) is 19.3 Å². The lowest BCUT2D eigenvalue weighted by Crippen LogP contribution is -2.49. The highest BCUT2D eigenvalue weighted by Crippen LogP contribution is 1.99. The van der Waals surface area contributed by atoms with Crippen LogP contribution in [0.25, 0.3) is 0 Å². The third kappa shape index (κ3) is 6.23. The van der Waals surface area contributed by atoms with Crippen LogP contribution in [0.3, 0.4) is 0 Å². The van der Waals surface area contributed by atoms with E-state index >= 15 is 0 Å². The molecule has 16 heavy (non-hydrogen) atoms. The van der Waals surface area contributed by atoms with Gasteiger partial charge in [0, 0.05) is 6.04 Å². The molecule has 0 fully saturated rings. The van der Waals surface area contributed by atoms with Gasteiger partial charge < -0.3 is 20.8 Å². The molecule has 0 aliphatic carbocycles. The van der Waals surface area contributed by atoms with Gasteiger partial charge >= 0.3 is 12.0 Å². The average molecular weight is 232 g/mol. The second-order valence-corrected chi connectivity index (χ2v) is 3.73. The lowest BCUT2D eigenvalue weighted by Gasteiger charge is -2.16. The molecule has 6 heteroatoms. The summed E-state index contributed by atoms with van der Waals surface area (Å²) >= 11 is 0. The van der Waals surface area contributed by atoms with E-state index in [9.17, 15) is 9.59 Å². The van der Waals surface area contributed by atoms with E-state index in [-0.39, 0.29) is 6.04 Å². The lowest BCUT2D eigenvalue weighted by molar-refractivity contribution is -0.140. The number of amides is 2. The zero-order valence-corrected chi connectivity index (χ0v) is 9.69. The van der Waals surface area contributed by atoms with Crippen LogP contribution < -0.4 is 10.6 Å². The van der Waals surface area contributed by atoms with Gasteiger partial charge in [-0.05, 0) is 13.3 Å². The Morgan fingerprint density at radius 1 is 1.31 bits per heavy atom. The SMILES string of the molecule is CCCCC(C)NC(=O)N[C@@H](CO)C(=O)O. The normalized spacial score (nSPS) is 13.9. The molecule has 0 aliphatic rings. The van der Waals surface area contributed by atoms with Crippen LogP contribution in [0.5, 0.6) is 0 Å². The Balaban J connectivity index is 3.92. The van der Waals surface area contributed by atoms with Crippen molar-refractivity contribution in [1.29, 1.82) is 0 Å². The zero-order chi connectivity index (χ0) is 12.6. The summed E-state index contributed by atoms with van der Waals surface area (Å²) in [6, 6.07) is -1.82. The highest BCUT2D eigenvalue weighted by molar-refractivity contribution is 5.82. The first-order valence-electron chi connectivity index (χ1n) is 5.42. The maximum Gasteiger partial charge on any atom is 0.328 e. The van der Waals surface area contributed by atoms with Gasteiger partial charge in [-0.15, -0.1) is 0 Å². The van der Waals surface area contributed by atoms with Crippen LogP contribution in [-0.4, -0.2) is 40.9 Å². The molecule has 0 aromatic carbocycles. The molecule has 0 heterocycles. The molecule has 2 amide bonds. The monoisotopic (exact) mass is 232 g/mol. The van der Waals surface area contributed by atoms with Crippen LogP contribution in [0.15, 0.2) is 0 Å². The van der Waals surface area contributed by atoms with Gasteiger partial charge in [-0.1, -0.05) is 19.8 Å². The van der Waals surface area contributed by atoms with E-state index in [1.54, 1.807) is 0 Å². The van der Waals surface area contributed by atoms with Gasteiger partial charge in [0.1, 0.15) is 0 Å². The standard InChI is InChI=1S/C10H20N2O4/c1-3-4-5-7(2)11-10(16)12-8(6-13)9(14)15/h7-8,13H,3-6H2,1-2H3,(H,14,15)(H2,11,12,16)/t7?,8-/m0/s1. The smallest absolute Gasteiger partial charge is 0.328 e. The van der Waals surface area contributed by atoms with E-state index in [2.05, 4.69) is 17.6 Å². The summed E-state index contributed by atoms with van der Waals surface area (Å²) in [6.07, 6.45) is 2.90. The Labute approximate surface area is 95.0 Å². The second kappa shape index (κ2) is 7.92. The number of hydrogen-bond acceptors (Lipinski definition) is 3. The van der Waals surface area contributed by atoms with Gasteiger partial charge in [0.15, 0.2) is 6.04 Å². The van der Waals surface area contributed by atoms with Crippen LogP contribution in [0.1, 0.15) is 33.1 Å². The molecule has 1 unspecified atom stereocenters. The number of carbonyl (C=O) groups excluding carboxylic acids is 1. The fraction of sp³-hybridized carbons (Fsp3) is 0.800. The molecular weight excluding hydrogens is 212 g/mol. The summed E-state index contributed by atoms with van der Waals surface area (Å²) in [5.41, 5.74) is 0. The van der Waals surface area contributed by atoms with Crippen molar-refractivity contribution in [2.75, 3.05) is 6.61 Å². The van der Waals surface area contributed by atoms with E-state index in [0.29, 0.717) is 0 Å². The summed E-state index contributed by atoms with van der Waals surface area (Å²) in [5.74, 6) is -1.25. The fourth-order valence-corrected chi connectivity index (χ4v) is 1.19. The highest BCUT2D eigenvalue weighted by Gasteiger charge is 2.19. The Morgan fingerprint density at radius 3 is 2.38 bits per heavy atom. The molecule has 4 N–H and O–H groups in total. The quantitative estimate of drug-likeness (QED) is 0.507. The van der Waals surface area contributed by atoms with Crippen molar-refractivity contribution < 1.29 is 19.8 Å². The minimum absolute atomic E-state index is 0.00640. The van der Waals surface area contributed by atoms with Crippen molar-refractivity contribution in [1.82, 2.24) is 10.6 Å². The minimum Gasteiger partial charge on any atom is -0.480 e. The van der Waals surface area contributed by atoms with Gasteiger partial charge in [-0.2, -0.15) is 0 Å². The molecular formula is C10H20N2O4. The number of unbranched alkanes of at least 4 members (excludes halogenated alkanes) is 1. The number of rotatable bonds is 7. The number of aliphatic hydroxyl groups excluding tert-OH is 1. The highest BCUT2D eigenvalue weighted by atomic mass is 16.4. The number of aliphatic carboxylic acids is 1. The van der Waals surface area contributed by atoms with Crippen molar-refractivity contribution in [3.8, 4) is 0 Å². The van der Waals surface area contributed by atoms with Crippen LogP contribution in [0, 0.1) is 0 Å². The molecule has 0 radical (unpaired) electrons. The lowest BCUT2D eigenvalue weighted by atomic mass is 10.1. The first kappa shape index (κ1) is 14.7. The number of carboxylic acids is 1.